The molecular weight excluding hydrogens is 406 g/mol. The van der Waals surface area contributed by atoms with Crippen molar-refractivity contribution in [3.05, 3.63) is 65.7 Å². The van der Waals surface area contributed by atoms with Gasteiger partial charge in [-0.2, -0.15) is 0 Å². The number of hydrogen-bond acceptors (Lipinski definition) is 4. The first-order chi connectivity index (χ1) is 15.3. The third-order valence-electron chi connectivity index (χ3n) is 5.38. The first-order valence-electron chi connectivity index (χ1n) is 10.6. The van der Waals surface area contributed by atoms with Crippen molar-refractivity contribution in [1.29, 1.82) is 0 Å². The molecule has 0 aliphatic carbocycles. The number of anilines is 2. The van der Waals surface area contributed by atoms with E-state index in [1.165, 1.54) is 0 Å². The van der Waals surface area contributed by atoms with Crippen molar-refractivity contribution in [2.24, 2.45) is 5.92 Å². The van der Waals surface area contributed by atoms with Gasteiger partial charge in [-0.15, -0.1) is 6.58 Å². The van der Waals surface area contributed by atoms with Crippen LogP contribution in [-0.2, 0) is 14.4 Å². The van der Waals surface area contributed by atoms with Gasteiger partial charge in [-0.3, -0.25) is 14.4 Å². The number of rotatable bonds is 8. The SMILES string of the molecule is C=CCNC(=O)[C@@H]1CC(=O)N(c2ccc(OCC(=O)Nc3c(C)cc(C)cc3C)cc2)C1. The van der Waals surface area contributed by atoms with Gasteiger partial charge in [-0.05, 0) is 56.2 Å². The van der Waals surface area contributed by atoms with E-state index in [0.717, 1.165) is 22.4 Å². The van der Waals surface area contributed by atoms with E-state index in [2.05, 4.69) is 17.2 Å². The van der Waals surface area contributed by atoms with Gasteiger partial charge >= 0.3 is 0 Å². The van der Waals surface area contributed by atoms with Crippen LogP contribution in [0.15, 0.2) is 49.1 Å². The number of ether oxygens (including phenoxy) is 1. The number of aryl methyl sites for hydroxylation is 3. The van der Waals surface area contributed by atoms with Crippen molar-refractivity contribution in [2.45, 2.75) is 27.2 Å². The summed E-state index contributed by atoms with van der Waals surface area (Å²) in [6.45, 7) is 10.1. The van der Waals surface area contributed by atoms with Gasteiger partial charge in [0.25, 0.3) is 5.91 Å². The molecule has 0 spiro atoms. The number of nitrogens with one attached hydrogen (secondary N) is 2. The maximum Gasteiger partial charge on any atom is 0.262 e. The second-order valence-electron chi connectivity index (χ2n) is 8.04. The second-order valence-corrected chi connectivity index (χ2v) is 8.04. The van der Waals surface area contributed by atoms with Gasteiger partial charge in [0.2, 0.25) is 11.8 Å². The molecule has 0 radical (unpaired) electrons. The molecule has 2 aromatic rings. The van der Waals surface area contributed by atoms with E-state index < -0.39 is 0 Å². The van der Waals surface area contributed by atoms with Gasteiger partial charge in [0.15, 0.2) is 6.61 Å². The smallest absolute Gasteiger partial charge is 0.262 e. The zero-order valence-corrected chi connectivity index (χ0v) is 18.7. The third-order valence-corrected chi connectivity index (χ3v) is 5.38. The summed E-state index contributed by atoms with van der Waals surface area (Å²) in [4.78, 5) is 38.4. The molecule has 7 heteroatoms. The monoisotopic (exact) mass is 435 g/mol. The van der Waals surface area contributed by atoms with Gasteiger partial charge in [-0.25, -0.2) is 0 Å². The van der Waals surface area contributed by atoms with E-state index in [-0.39, 0.29) is 36.7 Å². The van der Waals surface area contributed by atoms with E-state index in [0.29, 0.717) is 24.5 Å². The summed E-state index contributed by atoms with van der Waals surface area (Å²) in [6.07, 6.45) is 1.79. The first kappa shape index (κ1) is 23.1. The van der Waals surface area contributed by atoms with Gasteiger partial charge in [0, 0.05) is 30.9 Å². The summed E-state index contributed by atoms with van der Waals surface area (Å²) >= 11 is 0. The molecule has 0 saturated carbocycles. The molecular formula is C25H29N3O4. The van der Waals surface area contributed by atoms with Gasteiger partial charge < -0.3 is 20.3 Å². The topological polar surface area (TPSA) is 87.7 Å². The molecule has 3 amide bonds. The van der Waals surface area contributed by atoms with E-state index >= 15 is 0 Å². The highest BCUT2D eigenvalue weighted by atomic mass is 16.5. The van der Waals surface area contributed by atoms with Crippen LogP contribution in [0.2, 0.25) is 0 Å². The molecule has 1 aliphatic heterocycles. The minimum absolute atomic E-state index is 0.0966. The summed E-state index contributed by atoms with van der Waals surface area (Å²) in [6, 6.07) is 11.0. The van der Waals surface area contributed by atoms with Gasteiger partial charge in [-0.1, -0.05) is 23.8 Å². The van der Waals surface area contributed by atoms with Crippen molar-refractivity contribution in [2.75, 3.05) is 29.9 Å². The number of carbonyl (C=O) groups excluding carboxylic acids is 3. The quantitative estimate of drug-likeness (QED) is 0.623. The number of nitrogens with zero attached hydrogens (tertiary/aromatic N) is 1. The Labute approximate surface area is 188 Å². The Morgan fingerprint density at radius 1 is 1.16 bits per heavy atom. The summed E-state index contributed by atoms with van der Waals surface area (Å²) in [5.74, 6) is -0.345. The minimum Gasteiger partial charge on any atom is -0.484 e. The molecule has 1 atom stereocenters. The summed E-state index contributed by atoms with van der Waals surface area (Å²) in [5.41, 5.74) is 4.66. The summed E-state index contributed by atoms with van der Waals surface area (Å²) in [7, 11) is 0. The van der Waals surface area contributed by atoms with Crippen LogP contribution in [0.1, 0.15) is 23.1 Å². The Kier molecular flexibility index (Phi) is 7.30. The van der Waals surface area contributed by atoms with Gasteiger partial charge in [0.05, 0.1) is 5.92 Å². The Morgan fingerprint density at radius 2 is 1.81 bits per heavy atom. The van der Waals surface area contributed by atoms with Crippen molar-refractivity contribution >= 4 is 29.1 Å². The molecule has 0 unspecified atom stereocenters. The predicted octanol–water partition coefficient (Wildman–Crippen LogP) is 3.28. The average molecular weight is 436 g/mol. The van der Waals surface area contributed by atoms with Crippen LogP contribution in [-0.4, -0.2) is 37.4 Å². The highest BCUT2D eigenvalue weighted by molar-refractivity contribution is 6.00. The van der Waals surface area contributed by atoms with Crippen LogP contribution in [0.5, 0.6) is 5.75 Å². The molecule has 32 heavy (non-hydrogen) atoms. The van der Waals surface area contributed by atoms with E-state index in [9.17, 15) is 14.4 Å². The lowest BCUT2D eigenvalue weighted by Crippen LogP contribution is -2.32. The Balaban J connectivity index is 1.55. The molecule has 1 saturated heterocycles. The Bertz CT molecular complexity index is 1010. The first-order valence-corrected chi connectivity index (χ1v) is 10.6. The number of benzene rings is 2. The maximum absolute atomic E-state index is 12.4. The van der Waals surface area contributed by atoms with Gasteiger partial charge in [0.1, 0.15) is 5.75 Å². The Morgan fingerprint density at radius 3 is 2.44 bits per heavy atom. The maximum atomic E-state index is 12.4. The molecule has 1 heterocycles. The van der Waals surface area contributed by atoms with Crippen molar-refractivity contribution in [1.82, 2.24) is 5.32 Å². The average Bonchev–Trinajstić information content (AvgIpc) is 3.15. The third kappa shape index (κ3) is 5.55. The second kappa shape index (κ2) is 10.1. The highest BCUT2D eigenvalue weighted by Gasteiger charge is 2.34. The van der Waals surface area contributed by atoms with Crippen molar-refractivity contribution in [3.63, 3.8) is 0 Å². The minimum atomic E-state index is -0.379. The fourth-order valence-electron chi connectivity index (χ4n) is 3.87. The lowest BCUT2D eigenvalue weighted by Gasteiger charge is -2.17. The highest BCUT2D eigenvalue weighted by Crippen LogP contribution is 2.27. The van der Waals surface area contributed by atoms with E-state index in [1.807, 2.05) is 32.9 Å². The molecule has 0 bridgehead atoms. The number of amides is 3. The molecule has 1 aliphatic rings. The molecule has 2 N–H and O–H groups in total. The van der Waals surface area contributed by atoms with Crippen LogP contribution in [0.4, 0.5) is 11.4 Å². The molecule has 7 nitrogen and oxygen atoms in total. The summed E-state index contributed by atoms with van der Waals surface area (Å²) in [5, 5.41) is 5.64. The van der Waals surface area contributed by atoms with Crippen LogP contribution < -0.4 is 20.3 Å². The fourth-order valence-corrected chi connectivity index (χ4v) is 3.87. The van der Waals surface area contributed by atoms with Crippen LogP contribution >= 0.6 is 0 Å². The van der Waals surface area contributed by atoms with E-state index in [4.69, 9.17) is 4.74 Å². The number of hydrogen-bond donors (Lipinski definition) is 2. The number of carbonyl (C=O) groups is 3. The van der Waals surface area contributed by atoms with Crippen LogP contribution in [0.25, 0.3) is 0 Å². The molecule has 3 rings (SSSR count). The zero-order chi connectivity index (χ0) is 23.3. The van der Waals surface area contributed by atoms with Crippen molar-refractivity contribution in [3.8, 4) is 5.75 Å². The zero-order valence-electron chi connectivity index (χ0n) is 18.7. The summed E-state index contributed by atoms with van der Waals surface area (Å²) < 4.78 is 5.60. The lowest BCUT2D eigenvalue weighted by atomic mass is 10.1. The molecule has 0 aromatic heterocycles. The molecule has 1 fully saturated rings. The van der Waals surface area contributed by atoms with Crippen LogP contribution in [0.3, 0.4) is 0 Å². The lowest BCUT2D eigenvalue weighted by molar-refractivity contribution is -0.126. The molecule has 2 aromatic carbocycles. The Hall–Kier alpha value is -3.61. The molecule has 168 valence electrons. The predicted molar refractivity (Wildman–Crippen MR) is 125 cm³/mol. The van der Waals surface area contributed by atoms with E-state index in [1.54, 1.807) is 35.2 Å². The van der Waals surface area contributed by atoms with Crippen molar-refractivity contribution < 1.29 is 19.1 Å². The normalized spacial score (nSPS) is 15.4. The standard InChI is InChI=1S/C25H29N3O4/c1-5-10-26-25(31)19-13-23(30)28(14-19)20-6-8-21(9-7-20)32-15-22(29)27-24-17(3)11-16(2)12-18(24)4/h5-9,11-12,19H,1,10,13-15H2,2-4H3,(H,26,31)(H,27,29)/t19-/m1/s1. The van der Waals surface area contributed by atoms with Crippen LogP contribution in [0, 0.1) is 26.7 Å². The fraction of sp³-hybridized carbons (Fsp3) is 0.320. The largest absolute Gasteiger partial charge is 0.484 e.